The van der Waals surface area contributed by atoms with Crippen LogP contribution >= 0.6 is 0 Å². The molecule has 0 spiro atoms. The molecule has 0 aliphatic carbocycles. The van der Waals surface area contributed by atoms with Crippen LogP contribution in [-0.4, -0.2) is 66.8 Å². The zero-order chi connectivity index (χ0) is 21.5. The molecule has 1 heterocycles. The molecular formula is C24H30FN3O2. The van der Waals surface area contributed by atoms with Gasteiger partial charge in [-0.25, -0.2) is 4.39 Å². The summed E-state index contributed by atoms with van der Waals surface area (Å²) in [6.45, 7) is 3.02. The molecule has 3 rings (SSSR count). The Morgan fingerprint density at radius 3 is 2.40 bits per heavy atom. The lowest BCUT2D eigenvalue weighted by molar-refractivity contribution is -0.137. The summed E-state index contributed by atoms with van der Waals surface area (Å²) in [4.78, 5) is 31.9. The van der Waals surface area contributed by atoms with Crippen molar-refractivity contribution in [2.24, 2.45) is 5.92 Å². The number of halogens is 1. The second-order valence-corrected chi connectivity index (χ2v) is 8.15. The molecule has 30 heavy (non-hydrogen) atoms. The van der Waals surface area contributed by atoms with Gasteiger partial charge in [-0.2, -0.15) is 0 Å². The molecule has 1 fully saturated rings. The molecule has 1 saturated heterocycles. The Hall–Kier alpha value is -2.73. The van der Waals surface area contributed by atoms with Crippen LogP contribution < -0.4 is 0 Å². The summed E-state index contributed by atoms with van der Waals surface area (Å²) in [6, 6.07) is 15.6. The molecule has 0 N–H and O–H groups in total. The summed E-state index contributed by atoms with van der Waals surface area (Å²) < 4.78 is 13.2. The lowest BCUT2D eigenvalue weighted by Crippen LogP contribution is -2.47. The van der Waals surface area contributed by atoms with E-state index in [9.17, 15) is 14.0 Å². The molecule has 0 radical (unpaired) electrons. The summed E-state index contributed by atoms with van der Waals surface area (Å²) in [5.41, 5.74) is 1.55. The van der Waals surface area contributed by atoms with Crippen molar-refractivity contribution in [1.82, 2.24) is 14.7 Å². The first-order valence-corrected chi connectivity index (χ1v) is 10.5. The number of amides is 2. The maximum absolute atomic E-state index is 13.4. The molecule has 2 amide bonds. The van der Waals surface area contributed by atoms with Crippen LogP contribution in [0.25, 0.3) is 0 Å². The van der Waals surface area contributed by atoms with Gasteiger partial charge in [0, 0.05) is 38.3 Å². The van der Waals surface area contributed by atoms with Crippen LogP contribution in [0.1, 0.15) is 28.8 Å². The quantitative estimate of drug-likeness (QED) is 0.702. The van der Waals surface area contributed by atoms with Crippen LogP contribution in [0, 0.1) is 11.7 Å². The average Bonchev–Trinajstić information content (AvgIpc) is 2.77. The zero-order valence-corrected chi connectivity index (χ0v) is 17.8. The first kappa shape index (κ1) is 22.0. The molecule has 1 atom stereocenters. The van der Waals surface area contributed by atoms with Crippen LogP contribution in [-0.2, 0) is 11.3 Å². The Labute approximate surface area is 178 Å². The maximum atomic E-state index is 13.4. The lowest BCUT2D eigenvalue weighted by Gasteiger charge is -2.35. The van der Waals surface area contributed by atoms with E-state index in [0.29, 0.717) is 31.7 Å². The average molecular weight is 412 g/mol. The van der Waals surface area contributed by atoms with E-state index >= 15 is 0 Å². The second-order valence-electron chi connectivity index (χ2n) is 8.15. The van der Waals surface area contributed by atoms with E-state index in [1.54, 1.807) is 4.90 Å². The number of hydrogen-bond donors (Lipinski definition) is 0. The van der Waals surface area contributed by atoms with Crippen molar-refractivity contribution in [1.29, 1.82) is 0 Å². The van der Waals surface area contributed by atoms with Crippen molar-refractivity contribution < 1.29 is 14.0 Å². The van der Waals surface area contributed by atoms with Gasteiger partial charge in [-0.05, 0) is 56.8 Å². The highest BCUT2D eigenvalue weighted by Crippen LogP contribution is 2.22. The predicted molar refractivity (Wildman–Crippen MR) is 115 cm³/mol. The van der Waals surface area contributed by atoms with E-state index in [0.717, 1.165) is 24.9 Å². The minimum absolute atomic E-state index is 0.0947. The Balaban J connectivity index is 1.69. The van der Waals surface area contributed by atoms with Crippen LogP contribution in [0.4, 0.5) is 4.39 Å². The molecule has 0 aromatic heterocycles. The number of carbonyl (C=O) groups is 2. The van der Waals surface area contributed by atoms with Crippen molar-refractivity contribution in [3.05, 3.63) is 71.5 Å². The highest BCUT2D eigenvalue weighted by atomic mass is 19.1. The number of nitrogens with zero attached hydrogens (tertiary/aromatic N) is 3. The highest BCUT2D eigenvalue weighted by molar-refractivity contribution is 5.94. The third kappa shape index (κ3) is 5.89. The van der Waals surface area contributed by atoms with Crippen LogP contribution in [0.3, 0.4) is 0 Å². The second kappa shape index (κ2) is 10.3. The molecule has 1 aliphatic rings. The summed E-state index contributed by atoms with van der Waals surface area (Å²) in [5, 5.41) is 0. The van der Waals surface area contributed by atoms with Gasteiger partial charge >= 0.3 is 0 Å². The Bertz CT molecular complexity index is 839. The largest absolute Gasteiger partial charge is 0.338 e. The minimum atomic E-state index is -0.365. The fourth-order valence-corrected chi connectivity index (χ4v) is 3.79. The van der Waals surface area contributed by atoms with Crippen LogP contribution in [0.5, 0.6) is 0 Å². The van der Waals surface area contributed by atoms with Crippen molar-refractivity contribution in [2.75, 3.05) is 40.3 Å². The molecule has 2 aromatic carbocycles. The summed E-state index contributed by atoms with van der Waals surface area (Å²) in [7, 11) is 3.99. The number of likely N-dealkylation sites (tertiary alicyclic amines) is 1. The van der Waals surface area contributed by atoms with Gasteiger partial charge in [0.25, 0.3) is 5.91 Å². The highest BCUT2D eigenvalue weighted by Gasteiger charge is 2.31. The zero-order valence-electron chi connectivity index (χ0n) is 17.8. The fourth-order valence-electron chi connectivity index (χ4n) is 3.79. The van der Waals surface area contributed by atoms with Gasteiger partial charge in [0.15, 0.2) is 0 Å². The summed E-state index contributed by atoms with van der Waals surface area (Å²) >= 11 is 0. The van der Waals surface area contributed by atoms with Gasteiger partial charge in [-0.1, -0.05) is 30.3 Å². The third-order valence-corrected chi connectivity index (χ3v) is 5.49. The van der Waals surface area contributed by atoms with E-state index in [-0.39, 0.29) is 23.5 Å². The number of piperidine rings is 1. The fraction of sp³-hybridized carbons (Fsp3) is 0.417. The number of likely N-dealkylation sites (N-methyl/N-ethyl adjacent to an activating group) is 1. The van der Waals surface area contributed by atoms with E-state index < -0.39 is 0 Å². The normalized spacial score (nSPS) is 16.5. The molecule has 0 saturated carbocycles. The van der Waals surface area contributed by atoms with Crippen LogP contribution in [0.2, 0.25) is 0 Å². The maximum Gasteiger partial charge on any atom is 0.253 e. The Kier molecular flexibility index (Phi) is 7.57. The molecular weight excluding hydrogens is 381 g/mol. The summed E-state index contributed by atoms with van der Waals surface area (Å²) in [5.74, 6) is -0.627. The first-order chi connectivity index (χ1) is 14.4. The predicted octanol–water partition coefficient (Wildman–Crippen LogP) is 3.27. The first-order valence-electron chi connectivity index (χ1n) is 10.5. The molecule has 1 aliphatic heterocycles. The van der Waals surface area contributed by atoms with Gasteiger partial charge in [0.05, 0.1) is 5.92 Å². The molecule has 0 bridgehead atoms. The number of rotatable bonds is 7. The monoisotopic (exact) mass is 411 g/mol. The van der Waals surface area contributed by atoms with Crippen molar-refractivity contribution in [2.45, 2.75) is 19.4 Å². The van der Waals surface area contributed by atoms with Gasteiger partial charge in [0.1, 0.15) is 5.82 Å². The van der Waals surface area contributed by atoms with Gasteiger partial charge in [0.2, 0.25) is 5.91 Å². The number of hydrogen-bond acceptors (Lipinski definition) is 3. The van der Waals surface area contributed by atoms with Crippen molar-refractivity contribution in [3.8, 4) is 0 Å². The van der Waals surface area contributed by atoms with Gasteiger partial charge in [-0.15, -0.1) is 0 Å². The minimum Gasteiger partial charge on any atom is -0.338 e. The SMILES string of the molecule is CN(C)CCN(Cc1ccccc1)C(=O)C1CCCN(C(=O)c2ccc(F)cc2)C1. The lowest BCUT2D eigenvalue weighted by atomic mass is 9.95. The number of carbonyl (C=O) groups excluding carboxylic acids is 2. The molecule has 160 valence electrons. The molecule has 1 unspecified atom stereocenters. The van der Waals surface area contributed by atoms with Gasteiger partial charge in [-0.3, -0.25) is 9.59 Å². The molecule has 5 nitrogen and oxygen atoms in total. The smallest absolute Gasteiger partial charge is 0.253 e. The Morgan fingerprint density at radius 1 is 1.03 bits per heavy atom. The number of benzene rings is 2. The third-order valence-electron chi connectivity index (χ3n) is 5.49. The van der Waals surface area contributed by atoms with Gasteiger partial charge < -0.3 is 14.7 Å². The Morgan fingerprint density at radius 2 is 1.73 bits per heavy atom. The summed E-state index contributed by atoms with van der Waals surface area (Å²) in [6.07, 6.45) is 1.56. The van der Waals surface area contributed by atoms with E-state index in [1.807, 2.05) is 49.3 Å². The van der Waals surface area contributed by atoms with Crippen LogP contribution in [0.15, 0.2) is 54.6 Å². The van der Waals surface area contributed by atoms with E-state index in [4.69, 9.17) is 0 Å². The van der Waals surface area contributed by atoms with E-state index in [1.165, 1.54) is 24.3 Å². The molecule has 2 aromatic rings. The van der Waals surface area contributed by atoms with Crippen molar-refractivity contribution >= 4 is 11.8 Å². The van der Waals surface area contributed by atoms with E-state index in [2.05, 4.69) is 4.90 Å². The topological polar surface area (TPSA) is 43.9 Å². The standard InChI is InChI=1S/C24H30FN3O2/c1-26(2)15-16-28(17-19-7-4-3-5-8-19)24(30)21-9-6-14-27(18-21)23(29)20-10-12-22(25)13-11-20/h3-5,7-8,10-13,21H,6,9,14-18H2,1-2H3. The van der Waals surface area contributed by atoms with Crippen molar-refractivity contribution in [3.63, 3.8) is 0 Å². The molecule has 6 heteroatoms.